The Morgan fingerprint density at radius 2 is 1.84 bits per heavy atom. The number of methoxy groups -OCH3 is 2. The second kappa shape index (κ2) is 11.3. The minimum absolute atomic E-state index is 0.0666. The molecule has 1 N–H and O–H groups in total. The van der Waals surface area contributed by atoms with Crippen LogP contribution >= 0.6 is 0 Å². The Bertz CT molecular complexity index is 1030. The molecule has 1 aromatic carbocycles. The van der Waals surface area contributed by atoms with E-state index in [1.165, 1.54) is 0 Å². The standard InChI is InChI=1S/C23H31N5O4/c1-5-7-16(8-6-2)23(29)24-13-14-32-21-12-11-20-25-26-22(28(20)27-21)18-15-17(30-3)9-10-19(18)31-4/h9-12,15-16H,5-8,13-14H2,1-4H3,(H,24,29). The third-order valence-corrected chi connectivity index (χ3v) is 5.18. The van der Waals surface area contributed by atoms with Gasteiger partial charge in [-0.3, -0.25) is 4.79 Å². The van der Waals surface area contributed by atoms with E-state index in [1.807, 2.05) is 18.2 Å². The summed E-state index contributed by atoms with van der Waals surface area (Å²) >= 11 is 0. The summed E-state index contributed by atoms with van der Waals surface area (Å²) < 4.78 is 18.2. The monoisotopic (exact) mass is 441 g/mol. The lowest BCUT2D eigenvalue weighted by Crippen LogP contribution is -2.33. The number of benzene rings is 1. The molecule has 0 aliphatic heterocycles. The van der Waals surface area contributed by atoms with Crippen LogP contribution in [-0.2, 0) is 4.79 Å². The fourth-order valence-electron chi connectivity index (χ4n) is 3.58. The second-order valence-electron chi connectivity index (χ2n) is 7.45. The average Bonchev–Trinajstić information content (AvgIpc) is 3.24. The minimum atomic E-state index is 0.0666. The first kappa shape index (κ1) is 23.3. The molecule has 32 heavy (non-hydrogen) atoms. The maximum atomic E-state index is 12.4. The van der Waals surface area contributed by atoms with Crippen LogP contribution < -0.4 is 19.5 Å². The summed E-state index contributed by atoms with van der Waals surface area (Å²) in [6, 6.07) is 8.96. The highest BCUT2D eigenvalue weighted by molar-refractivity contribution is 5.78. The van der Waals surface area contributed by atoms with Crippen LogP contribution in [0.4, 0.5) is 0 Å². The Hall–Kier alpha value is -3.36. The van der Waals surface area contributed by atoms with Crippen molar-refractivity contribution in [2.45, 2.75) is 39.5 Å². The van der Waals surface area contributed by atoms with Gasteiger partial charge in [-0.05, 0) is 37.1 Å². The summed E-state index contributed by atoms with van der Waals surface area (Å²) in [4.78, 5) is 12.4. The summed E-state index contributed by atoms with van der Waals surface area (Å²) in [5, 5.41) is 15.9. The summed E-state index contributed by atoms with van der Waals surface area (Å²) in [7, 11) is 3.19. The van der Waals surface area contributed by atoms with Gasteiger partial charge in [-0.25, -0.2) is 0 Å². The SMILES string of the molecule is CCCC(CCC)C(=O)NCCOc1ccc2nnc(-c3cc(OC)ccc3OC)n2n1. The van der Waals surface area contributed by atoms with Crippen molar-refractivity contribution >= 4 is 11.6 Å². The molecule has 0 saturated heterocycles. The molecular weight excluding hydrogens is 410 g/mol. The average molecular weight is 442 g/mol. The van der Waals surface area contributed by atoms with Crippen molar-refractivity contribution in [3.63, 3.8) is 0 Å². The maximum absolute atomic E-state index is 12.4. The maximum Gasteiger partial charge on any atom is 0.231 e. The van der Waals surface area contributed by atoms with Gasteiger partial charge in [0.25, 0.3) is 0 Å². The van der Waals surface area contributed by atoms with Crippen LogP contribution in [0.25, 0.3) is 17.0 Å². The molecule has 3 rings (SSSR count). The van der Waals surface area contributed by atoms with Crippen LogP contribution in [0.15, 0.2) is 30.3 Å². The van der Waals surface area contributed by atoms with Gasteiger partial charge >= 0.3 is 0 Å². The summed E-state index contributed by atoms with van der Waals surface area (Å²) in [6.07, 6.45) is 3.81. The van der Waals surface area contributed by atoms with Crippen molar-refractivity contribution in [2.75, 3.05) is 27.4 Å². The van der Waals surface area contributed by atoms with Gasteiger partial charge in [0.1, 0.15) is 18.1 Å². The molecule has 9 heteroatoms. The van der Waals surface area contributed by atoms with Crippen LogP contribution in [0, 0.1) is 5.92 Å². The highest BCUT2D eigenvalue weighted by Gasteiger charge is 2.17. The van der Waals surface area contributed by atoms with E-state index in [4.69, 9.17) is 14.2 Å². The van der Waals surface area contributed by atoms with E-state index in [9.17, 15) is 4.79 Å². The minimum Gasteiger partial charge on any atom is -0.497 e. The van der Waals surface area contributed by atoms with Gasteiger partial charge in [-0.2, -0.15) is 4.52 Å². The predicted octanol–water partition coefficient (Wildman–Crippen LogP) is 3.52. The molecule has 0 radical (unpaired) electrons. The van der Waals surface area contributed by atoms with Crippen LogP contribution in [0.2, 0.25) is 0 Å². The number of hydrogen-bond donors (Lipinski definition) is 1. The van der Waals surface area contributed by atoms with Crippen molar-refractivity contribution in [3.05, 3.63) is 30.3 Å². The van der Waals surface area contributed by atoms with Gasteiger partial charge in [0, 0.05) is 12.0 Å². The van der Waals surface area contributed by atoms with Crippen molar-refractivity contribution in [1.29, 1.82) is 0 Å². The highest BCUT2D eigenvalue weighted by atomic mass is 16.5. The zero-order valence-electron chi connectivity index (χ0n) is 19.1. The fourth-order valence-corrected chi connectivity index (χ4v) is 3.58. The molecule has 3 aromatic rings. The van der Waals surface area contributed by atoms with E-state index in [1.54, 1.807) is 30.9 Å². The van der Waals surface area contributed by atoms with E-state index in [0.29, 0.717) is 47.6 Å². The molecule has 0 fully saturated rings. The molecule has 0 bridgehead atoms. The Morgan fingerprint density at radius 3 is 2.53 bits per heavy atom. The summed E-state index contributed by atoms with van der Waals surface area (Å²) in [5.41, 5.74) is 1.28. The molecule has 0 atom stereocenters. The van der Waals surface area contributed by atoms with Crippen molar-refractivity contribution in [3.8, 4) is 28.8 Å². The number of carbonyl (C=O) groups is 1. The molecule has 2 aromatic heterocycles. The highest BCUT2D eigenvalue weighted by Crippen LogP contribution is 2.32. The first-order valence-electron chi connectivity index (χ1n) is 11.0. The molecule has 2 heterocycles. The normalized spacial score (nSPS) is 11.0. The smallest absolute Gasteiger partial charge is 0.231 e. The zero-order chi connectivity index (χ0) is 22.9. The van der Waals surface area contributed by atoms with Gasteiger partial charge in [0.2, 0.25) is 11.8 Å². The third-order valence-electron chi connectivity index (χ3n) is 5.18. The van der Waals surface area contributed by atoms with Crippen LogP contribution in [0.3, 0.4) is 0 Å². The van der Waals surface area contributed by atoms with Crippen LogP contribution in [0.1, 0.15) is 39.5 Å². The quantitative estimate of drug-likeness (QED) is 0.429. The number of carbonyl (C=O) groups excluding carboxylic acids is 1. The number of fused-ring (bicyclic) bond motifs is 1. The molecular formula is C23H31N5O4. The van der Waals surface area contributed by atoms with Gasteiger partial charge in [-0.15, -0.1) is 15.3 Å². The molecule has 0 saturated carbocycles. The third kappa shape index (κ3) is 5.46. The van der Waals surface area contributed by atoms with Gasteiger partial charge < -0.3 is 19.5 Å². The second-order valence-corrected chi connectivity index (χ2v) is 7.45. The topological polar surface area (TPSA) is 99.9 Å². The fraction of sp³-hybridized carbons (Fsp3) is 0.478. The number of nitrogens with one attached hydrogen (secondary N) is 1. The summed E-state index contributed by atoms with van der Waals surface area (Å²) in [5.74, 6) is 2.38. The molecule has 0 unspecified atom stereocenters. The number of amides is 1. The molecule has 0 aliphatic carbocycles. The molecule has 1 amide bonds. The van der Waals surface area contributed by atoms with E-state index in [0.717, 1.165) is 25.7 Å². The molecule has 9 nitrogen and oxygen atoms in total. The molecule has 172 valence electrons. The molecule has 0 spiro atoms. The molecule has 0 aliphatic rings. The van der Waals surface area contributed by atoms with Gasteiger partial charge in [0.05, 0.1) is 26.3 Å². The number of nitrogens with zero attached hydrogens (tertiary/aromatic N) is 4. The van der Waals surface area contributed by atoms with Gasteiger partial charge in [-0.1, -0.05) is 26.7 Å². The lowest BCUT2D eigenvalue weighted by molar-refractivity contribution is -0.125. The van der Waals surface area contributed by atoms with E-state index >= 15 is 0 Å². The number of ether oxygens (including phenoxy) is 3. The first-order valence-corrected chi connectivity index (χ1v) is 11.0. The summed E-state index contributed by atoms with van der Waals surface area (Å²) in [6.45, 7) is 4.93. The Balaban J connectivity index is 1.70. The van der Waals surface area contributed by atoms with Crippen LogP contribution in [-0.4, -0.2) is 53.1 Å². The predicted molar refractivity (Wildman–Crippen MR) is 121 cm³/mol. The van der Waals surface area contributed by atoms with E-state index in [-0.39, 0.29) is 11.8 Å². The van der Waals surface area contributed by atoms with Gasteiger partial charge in [0.15, 0.2) is 11.5 Å². The lowest BCUT2D eigenvalue weighted by Gasteiger charge is -2.15. The largest absolute Gasteiger partial charge is 0.497 e. The number of aromatic nitrogens is 4. The van der Waals surface area contributed by atoms with E-state index in [2.05, 4.69) is 34.5 Å². The zero-order valence-corrected chi connectivity index (χ0v) is 19.1. The van der Waals surface area contributed by atoms with Crippen LogP contribution in [0.5, 0.6) is 17.4 Å². The van der Waals surface area contributed by atoms with Crippen molar-refractivity contribution in [2.24, 2.45) is 5.92 Å². The number of hydrogen-bond acceptors (Lipinski definition) is 7. The van der Waals surface area contributed by atoms with Crippen molar-refractivity contribution in [1.82, 2.24) is 25.1 Å². The Labute approximate surface area is 188 Å². The Morgan fingerprint density at radius 1 is 1.06 bits per heavy atom. The Kier molecular flexibility index (Phi) is 8.24. The van der Waals surface area contributed by atoms with E-state index < -0.39 is 0 Å². The number of rotatable bonds is 12. The first-order chi connectivity index (χ1) is 15.6. The lowest BCUT2D eigenvalue weighted by atomic mass is 9.97. The van der Waals surface area contributed by atoms with Crippen molar-refractivity contribution < 1.29 is 19.0 Å².